The number of methoxy groups -OCH3 is 2. The molecule has 0 rings (SSSR count). The lowest BCUT2D eigenvalue weighted by atomic mass is 10.1. The lowest BCUT2D eigenvalue weighted by Crippen LogP contribution is -2.16. The number of nitrogens with zero attached hydrogens (tertiary/aromatic N) is 2. The summed E-state index contributed by atoms with van der Waals surface area (Å²) in [4.78, 5) is 24.2. The summed E-state index contributed by atoms with van der Waals surface area (Å²) in [6, 6.07) is 1.85. The molecule has 0 aliphatic carbocycles. The summed E-state index contributed by atoms with van der Waals surface area (Å²) >= 11 is 0. The molecule has 0 saturated heterocycles. The van der Waals surface area contributed by atoms with Gasteiger partial charge in [-0.15, -0.1) is 0 Å². The minimum Gasteiger partial charge on any atom is -0.465 e. The summed E-state index contributed by atoms with van der Waals surface area (Å²) in [5.74, 6) is -1.70. The maximum atomic E-state index is 11.3. The number of rotatable bonds is 4. The molecule has 0 aliphatic rings. The highest BCUT2D eigenvalue weighted by Gasteiger charge is 2.20. The molecule has 0 radical (unpaired) electrons. The summed E-state index contributed by atoms with van der Waals surface area (Å²) in [6.07, 6.45) is 2.59. The van der Waals surface area contributed by atoms with Crippen LogP contribution < -0.4 is 0 Å². The zero-order valence-electron chi connectivity index (χ0n) is 10.2. The fraction of sp³-hybridized carbons (Fsp3) is 0.364. The van der Waals surface area contributed by atoms with Crippen molar-refractivity contribution in [3.63, 3.8) is 0 Å². The molecular weight excluding hydrogens is 224 g/mol. The molecule has 0 fully saturated rings. The molecule has 0 spiro atoms. The van der Waals surface area contributed by atoms with E-state index in [0.717, 1.165) is 20.3 Å². The Balaban J connectivity index is 5.38. The Morgan fingerprint density at radius 3 is 1.94 bits per heavy atom. The van der Waals surface area contributed by atoms with Gasteiger partial charge in [0, 0.05) is 20.3 Å². The zero-order valence-corrected chi connectivity index (χ0v) is 10.2. The first kappa shape index (κ1) is 14.7. The zero-order chi connectivity index (χ0) is 13.4. The van der Waals surface area contributed by atoms with E-state index in [1.54, 1.807) is 19.0 Å². The third-order valence-corrected chi connectivity index (χ3v) is 1.64. The number of carbonyl (C=O) groups is 2. The molecule has 0 aromatic carbocycles. The second-order valence-corrected chi connectivity index (χ2v) is 3.20. The fourth-order valence-electron chi connectivity index (χ4n) is 0.953. The monoisotopic (exact) mass is 238 g/mol. The predicted octanol–water partition coefficient (Wildman–Crippen LogP) is 0.228. The molecule has 0 saturated carbocycles. The van der Waals surface area contributed by atoms with Crippen LogP contribution in [-0.2, 0) is 19.1 Å². The Labute approximate surface area is 99.7 Å². The molecule has 0 aliphatic heterocycles. The molecule has 0 amide bonds. The van der Waals surface area contributed by atoms with E-state index in [0.29, 0.717) is 0 Å². The van der Waals surface area contributed by atoms with Crippen molar-refractivity contribution in [1.82, 2.24) is 4.90 Å². The third kappa shape index (κ3) is 4.84. The fourth-order valence-corrected chi connectivity index (χ4v) is 0.953. The van der Waals surface area contributed by atoms with Crippen molar-refractivity contribution in [2.75, 3.05) is 28.3 Å². The van der Waals surface area contributed by atoms with Gasteiger partial charge in [-0.25, -0.2) is 9.59 Å². The van der Waals surface area contributed by atoms with Gasteiger partial charge in [0.25, 0.3) is 0 Å². The van der Waals surface area contributed by atoms with Crippen LogP contribution in [0.2, 0.25) is 0 Å². The van der Waals surface area contributed by atoms with Gasteiger partial charge in [0.15, 0.2) is 0 Å². The highest BCUT2D eigenvalue weighted by molar-refractivity contribution is 6.14. The van der Waals surface area contributed by atoms with Crippen molar-refractivity contribution < 1.29 is 19.1 Å². The van der Waals surface area contributed by atoms with Crippen molar-refractivity contribution in [2.24, 2.45) is 0 Å². The standard InChI is InChI=1S/C11H14N2O4/c1-13(2)7-8(6-12)5-9(10(14)16-3)11(15)17-4/h5,7H,1-4H3. The van der Waals surface area contributed by atoms with Crippen molar-refractivity contribution in [3.05, 3.63) is 23.4 Å². The molecule has 0 N–H and O–H groups in total. The maximum absolute atomic E-state index is 11.3. The first-order valence-electron chi connectivity index (χ1n) is 4.63. The van der Waals surface area contributed by atoms with Crippen LogP contribution in [-0.4, -0.2) is 45.2 Å². The molecule has 17 heavy (non-hydrogen) atoms. The number of hydrogen-bond donors (Lipinski definition) is 0. The van der Waals surface area contributed by atoms with E-state index in [-0.39, 0.29) is 11.1 Å². The topological polar surface area (TPSA) is 79.6 Å². The van der Waals surface area contributed by atoms with Gasteiger partial charge in [0.2, 0.25) is 0 Å². The maximum Gasteiger partial charge on any atom is 0.345 e. The highest BCUT2D eigenvalue weighted by Crippen LogP contribution is 2.06. The van der Waals surface area contributed by atoms with E-state index in [4.69, 9.17) is 5.26 Å². The van der Waals surface area contributed by atoms with Crippen molar-refractivity contribution in [2.45, 2.75) is 0 Å². The van der Waals surface area contributed by atoms with E-state index in [9.17, 15) is 9.59 Å². The van der Waals surface area contributed by atoms with Crippen LogP contribution in [0.4, 0.5) is 0 Å². The first-order chi connectivity index (χ1) is 7.96. The van der Waals surface area contributed by atoms with Crippen molar-refractivity contribution >= 4 is 11.9 Å². The summed E-state index contributed by atoms with van der Waals surface area (Å²) in [6.45, 7) is 0. The molecule has 0 heterocycles. The van der Waals surface area contributed by atoms with Crippen LogP contribution in [0.15, 0.2) is 23.4 Å². The quantitative estimate of drug-likeness (QED) is 0.174. The second-order valence-electron chi connectivity index (χ2n) is 3.20. The van der Waals surface area contributed by atoms with Crippen LogP contribution in [0, 0.1) is 11.3 Å². The average molecular weight is 238 g/mol. The minimum atomic E-state index is -0.850. The van der Waals surface area contributed by atoms with Crippen LogP contribution in [0.1, 0.15) is 0 Å². The molecule has 6 nitrogen and oxygen atoms in total. The van der Waals surface area contributed by atoms with E-state index in [2.05, 4.69) is 9.47 Å². The van der Waals surface area contributed by atoms with E-state index in [1.807, 2.05) is 6.07 Å². The number of allylic oxidation sites excluding steroid dienone is 2. The lowest BCUT2D eigenvalue weighted by Gasteiger charge is -2.05. The number of nitriles is 1. The normalized spacial score (nSPS) is 9.94. The molecule has 0 atom stereocenters. The summed E-state index contributed by atoms with van der Waals surface area (Å²) in [7, 11) is 5.70. The van der Waals surface area contributed by atoms with Crippen LogP contribution in [0.25, 0.3) is 0 Å². The smallest absolute Gasteiger partial charge is 0.345 e. The van der Waals surface area contributed by atoms with E-state index in [1.165, 1.54) is 6.20 Å². The van der Waals surface area contributed by atoms with Gasteiger partial charge in [-0.1, -0.05) is 0 Å². The van der Waals surface area contributed by atoms with Gasteiger partial charge < -0.3 is 14.4 Å². The minimum absolute atomic E-state index is 0.140. The first-order valence-corrected chi connectivity index (χ1v) is 4.63. The molecule has 0 unspecified atom stereocenters. The number of hydrogen-bond acceptors (Lipinski definition) is 6. The molecule has 0 aromatic heterocycles. The summed E-state index contributed by atoms with van der Waals surface area (Å²) < 4.78 is 8.85. The van der Waals surface area contributed by atoms with E-state index >= 15 is 0 Å². The van der Waals surface area contributed by atoms with Gasteiger partial charge >= 0.3 is 11.9 Å². The Kier molecular flexibility index (Phi) is 6.11. The van der Waals surface area contributed by atoms with Gasteiger partial charge in [0.1, 0.15) is 11.6 Å². The Morgan fingerprint density at radius 2 is 1.65 bits per heavy atom. The van der Waals surface area contributed by atoms with Crippen molar-refractivity contribution in [3.8, 4) is 6.07 Å². The predicted molar refractivity (Wildman–Crippen MR) is 59.5 cm³/mol. The van der Waals surface area contributed by atoms with Gasteiger partial charge in [-0.05, 0) is 6.08 Å². The van der Waals surface area contributed by atoms with Crippen LogP contribution in [0.5, 0.6) is 0 Å². The molecule has 6 heteroatoms. The SMILES string of the molecule is COC(=O)C(=CC(C#N)=CN(C)C)C(=O)OC. The third-order valence-electron chi connectivity index (χ3n) is 1.64. The average Bonchev–Trinajstić information content (AvgIpc) is 2.31. The summed E-state index contributed by atoms with van der Waals surface area (Å²) in [5, 5.41) is 8.84. The Hall–Kier alpha value is -2.29. The van der Waals surface area contributed by atoms with Gasteiger partial charge in [-0.2, -0.15) is 5.26 Å². The molecule has 0 aromatic rings. The highest BCUT2D eigenvalue weighted by atomic mass is 16.5. The van der Waals surface area contributed by atoms with Crippen molar-refractivity contribution in [1.29, 1.82) is 5.26 Å². The van der Waals surface area contributed by atoms with E-state index < -0.39 is 11.9 Å². The van der Waals surface area contributed by atoms with Crippen LogP contribution >= 0.6 is 0 Å². The number of ether oxygens (including phenoxy) is 2. The largest absolute Gasteiger partial charge is 0.465 e. The number of carbonyl (C=O) groups excluding carboxylic acids is 2. The van der Waals surface area contributed by atoms with Crippen LogP contribution in [0.3, 0.4) is 0 Å². The lowest BCUT2D eigenvalue weighted by molar-refractivity contribution is -0.144. The Morgan fingerprint density at radius 1 is 1.18 bits per heavy atom. The van der Waals surface area contributed by atoms with Gasteiger partial charge in [-0.3, -0.25) is 0 Å². The number of esters is 2. The molecule has 92 valence electrons. The molecular formula is C11H14N2O4. The summed E-state index contributed by atoms with van der Waals surface area (Å²) in [5.41, 5.74) is -0.189. The second kappa shape index (κ2) is 7.06. The Bertz CT molecular complexity index is 384. The van der Waals surface area contributed by atoms with Gasteiger partial charge in [0.05, 0.1) is 19.8 Å². The molecule has 0 bridgehead atoms.